The quantitative estimate of drug-likeness (QED) is 0.331. The van der Waals surface area contributed by atoms with Gasteiger partial charge in [0, 0.05) is 0 Å². The zero-order valence-corrected chi connectivity index (χ0v) is 18.1. The number of hydrogen-bond acceptors (Lipinski definition) is 7. The standard InChI is InChI=1S/C23H19N3O5S/c1-16-7-10-18(11-8-16)32(28,29)31-21-12-9-17(13-22(21)30-2)14-25-26-15-24-20-6-4-3-5-19(20)23(26)27/h3-15H,1-2H3/b25-14+. The number of methoxy groups -OCH3 is 1. The van der Waals surface area contributed by atoms with Crippen molar-refractivity contribution in [1.82, 2.24) is 9.66 Å². The summed E-state index contributed by atoms with van der Waals surface area (Å²) in [6.45, 7) is 1.86. The molecule has 0 atom stereocenters. The summed E-state index contributed by atoms with van der Waals surface area (Å²) >= 11 is 0. The third-order valence-electron chi connectivity index (χ3n) is 4.68. The van der Waals surface area contributed by atoms with Crippen molar-refractivity contribution < 1.29 is 17.3 Å². The molecule has 0 unspecified atom stereocenters. The second kappa shape index (κ2) is 8.64. The molecule has 8 nitrogen and oxygen atoms in total. The Morgan fingerprint density at radius 2 is 1.75 bits per heavy atom. The van der Waals surface area contributed by atoms with Crippen molar-refractivity contribution in [2.24, 2.45) is 5.10 Å². The molecule has 0 spiro atoms. The lowest BCUT2D eigenvalue weighted by molar-refractivity contribution is 0.390. The summed E-state index contributed by atoms with van der Waals surface area (Å²) in [7, 11) is -2.62. The second-order valence-electron chi connectivity index (χ2n) is 6.92. The molecule has 0 aliphatic heterocycles. The lowest BCUT2D eigenvalue weighted by atomic mass is 10.2. The minimum Gasteiger partial charge on any atom is -0.493 e. The first-order valence-corrected chi connectivity index (χ1v) is 11.0. The van der Waals surface area contributed by atoms with Crippen molar-refractivity contribution in [1.29, 1.82) is 0 Å². The number of fused-ring (bicyclic) bond motifs is 1. The molecule has 0 N–H and O–H groups in total. The molecule has 0 amide bonds. The Morgan fingerprint density at radius 1 is 1.00 bits per heavy atom. The van der Waals surface area contributed by atoms with Crippen molar-refractivity contribution in [2.75, 3.05) is 7.11 Å². The predicted octanol–water partition coefficient (Wildman–Crippen LogP) is 3.36. The summed E-state index contributed by atoms with van der Waals surface area (Å²) in [4.78, 5) is 16.8. The lowest BCUT2D eigenvalue weighted by Gasteiger charge is -2.11. The fraction of sp³-hybridized carbons (Fsp3) is 0.0870. The Hall–Kier alpha value is -3.98. The lowest BCUT2D eigenvalue weighted by Crippen LogP contribution is -2.17. The van der Waals surface area contributed by atoms with Crippen molar-refractivity contribution in [3.8, 4) is 11.5 Å². The number of ether oxygens (including phenoxy) is 1. The summed E-state index contributed by atoms with van der Waals surface area (Å²) < 4.78 is 36.8. The van der Waals surface area contributed by atoms with E-state index in [1.165, 1.54) is 37.9 Å². The molecule has 32 heavy (non-hydrogen) atoms. The Labute approximate surface area is 184 Å². The highest BCUT2D eigenvalue weighted by Gasteiger charge is 2.19. The Bertz CT molecular complexity index is 1480. The number of nitrogens with zero attached hydrogens (tertiary/aromatic N) is 3. The van der Waals surface area contributed by atoms with E-state index in [0.717, 1.165) is 10.2 Å². The minimum atomic E-state index is -4.02. The molecule has 0 bridgehead atoms. The first kappa shape index (κ1) is 21.3. The normalized spacial score (nSPS) is 11.7. The molecule has 4 rings (SSSR count). The molecule has 0 radical (unpaired) electrons. The van der Waals surface area contributed by atoms with Gasteiger partial charge in [0.05, 0.1) is 24.2 Å². The van der Waals surface area contributed by atoms with Crippen LogP contribution in [0.1, 0.15) is 11.1 Å². The van der Waals surface area contributed by atoms with E-state index in [0.29, 0.717) is 16.5 Å². The molecule has 0 aliphatic rings. The highest BCUT2D eigenvalue weighted by molar-refractivity contribution is 7.87. The van der Waals surface area contributed by atoms with Gasteiger partial charge in [-0.3, -0.25) is 4.79 Å². The molecule has 1 heterocycles. The number of hydrogen-bond donors (Lipinski definition) is 0. The molecule has 0 saturated carbocycles. The van der Waals surface area contributed by atoms with E-state index in [9.17, 15) is 13.2 Å². The summed E-state index contributed by atoms with van der Waals surface area (Å²) in [5.41, 5.74) is 1.79. The maximum atomic E-state index is 12.6. The van der Waals surface area contributed by atoms with E-state index < -0.39 is 10.1 Å². The molecular weight excluding hydrogens is 430 g/mol. The third kappa shape index (κ3) is 4.37. The van der Waals surface area contributed by atoms with Gasteiger partial charge in [0.15, 0.2) is 11.5 Å². The van der Waals surface area contributed by atoms with Crippen LogP contribution in [0.5, 0.6) is 11.5 Å². The molecule has 0 fully saturated rings. The van der Waals surface area contributed by atoms with Gasteiger partial charge >= 0.3 is 10.1 Å². The number of benzene rings is 3. The fourth-order valence-electron chi connectivity index (χ4n) is 2.98. The zero-order valence-electron chi connectivity index (χ0n) is 17.3. The molecule has 1 aromatic heterocycles. The predicted molar refractivity (Wildman–Crippen MR) is 121 cm³/mol. The summed E-state index contributed by atoms with van der Waals surface area (Å²) in [6, 6.07) is 18.0. The van der Waals surface area contributed by atoms with Gasteiger partial charge in [-0.25, -0.2) is 4.98 Å². The fourth-order valence-corrected chi connectivity index (χ4v) is 3.92. The van der Waals surface area contributed by atoms with Crippen LogP contribution in [-0.2, 0) is 10.1 Å². The van der Waals surface area contributed by atoms with Crippen LogP contribution in [0, 0.1) is 6.92 Å². The van der Waals surface area contributed by atoms with E-state index in [4.69, 9.17) is 8.92 Å². The maximum absolute atomic E-state index is 12.6. The Kier molecular flexibility index (Phi) is 5.74. The van der Waals surface area contributed by atoms with E-state index in [1.54, 1.807) is 48.5 Å². The first-order chi connectivity index (χ1) is 15.4. The second-order valence-corrected chi connectivity index (χ2v) is 8.46. The van der Waals surface area contributed by atoms with Crippen LogP contribution in [0.4, 0.5) is 0 Å². The molecule has 0 saturated heterocycles. The van der Waals surface area contributed by atoms with Gasteiger partial charge in [-0.05, 0) is 55.0 Å². The van der Waals surface area contributed by atoms with E-state index >= 15 is 0 Å². The van der Waals surface area contributed by atoms with Gasteiger partial charge in [-0.2, -0.15) is 18.2 Å². The first-order valence-electron chi connectivity index (χ1n) is 9.57. The van der Waals surface area contributed by atoms with Crippen molar-refractivity contribution >= 4 is 27.2 Å². The van der Waals surface area contributed by atoms with Gasteiger partial charge in [-0.15, -0.1) is 0 Å². The molecule has 0 aliphatic carbocycles. The van der Waals surface area contributed by atoms with Crippen LogP contribution in [0.15, 0.2) is 87.8 Å². The Morgan fingerprint density at radius 3 is 2.50 bits per heavy atom. The molecule has 9 heteroatoms. The molecule has 162 valence electrons. The third-order valence-corrected chi connectivity index (χ3v) is 5.93. The van der Waals surface area contributed by atoms with Crippen LogP contribution in [0.3, 0.4) is 0 Å². The van der Waals surface area contributed by atoms with Gasteiger partial charge in [0.25, 0.3) is 5.56 Å². The average Bonchev–Trinajstić information content (AvgIpc) is 2.79. The summed E-state index contributed by atoms with van der Waals surface area (Å²) in [5.74, 6) is 0.239. The number of rotatable bonds is 6. The van der Waals surface area contributed by atoms with E-state index in [2.05, 4.69) is 10.1 Å². The monoisotopic (exact) mass is 449 g/mol. The van der Waals surface area contributed by atoms with E-state index in [1.807, 2.05) is 6.92 Å². The molecule has 4 aromatic rings. The van der Waals surface area contributed by atoms with Crippen LogP contribution in [-0.4, -0.2) is 31.4 Å². The van der Waals surface area contributed by atoms with Gasteiger partial charge in [0.2, 0.25) is 0 Å². The van der Waals surface area contributed by atoms with Gasteiger partial charge in [0.1, 0.15) is 11.2 Å². The van der Waals surface area contributed by atoms with Crippen LogP contribution in [0.25, 0.3) is 10.9 Å². The number of aryl methyl sites for hydroxylation is 1. The van der Waals surface area contributed by atoms with E-state index in [-0.39, 0.29) is 22.0 Å². The number of para-hydroxylation sites is 1. The molecule has 3 aromatic carbocycles. The highest BCUT2D eigenvalue weighted by atomic mass is 32.2. The number of aromatic nitrogens is 2. The largest absolute Gasteiger partial charge is 0.493 e. The van der Waals surface area contributed by atoms with Gasteiger partial charge in [-0.1, -0.05) is 29.8 Å². The maximum Gasteiger partial charge on any atom is 0.339 e. The molecular formula is C23H19N3O5S. The minimum absolute atomic E-state index is 0.0368. The van der Waals surface area contributed by atoms with Crippen molar-refractivity contribution in [3.05, 3.63) is 94.5 Å². The highest BCUT2D eigenvalue weighted by Crippen LogP contribution is 2.30. The van der Waals surface area contributed by atoms with Crippen LogP contribution in [0.2, 0.25) is 0 Å². The summed E-state index contributed by atoms with van der Waals surface area (Å²) in [6.07, 6.45) is 2.78. The summed E-state index contributed by atoms with van der Waals surface area (Å²) in [5, 5.41) is 4.62. The SMILES string of the molecule is COc1cc(/C=N/n2cnc3ccccc3c2=O)ccc1OS(=O)(=O)c1ccc(C)cc1. The average molecular weight is 449 g/mol. The Balaban J connectivity index is 1.61. The van der Waals surface area contributed by atoms with Crippen molar-refractivity contribution in [3.63, 3.8) is 0 Å². The topological polar surface area (TPSA) is 99.8 Å². The zero-order chi connectivity index (χ0) is 22.7. The van der Waals surface area contributed by atoms with Crippen LogP contribution < -0.4 is 14.5 Å². The van der Waals surface area contributed by atoms with Gasteiger partial charge < -0.3 is 8.92 Å². The van der Waals surface area contributed by atoms with Crippen molar-refractivity contribution in [2.45, 2.75) is 11.8 Å². The van der Waals surface area contributed by atoms with Crippen LogP contribution >= 0.6 is 0 Å². The smallest absolute Gasteiger partial charge is 0.339 e.